The minimum absolute atomic E-state index is 0.0429. The van der Waals surface area contributed by atoms with Crippen molar-refractivity contribution in [3.63, 3.8) is 0 Å². The molecular formula is C30H30ClN5O4. The predicted molar refractivity (Wildman–Crippen MR) is 157 cm³/mol. The van der Waals surface area contributed by atoms with Gasteiger partial charge in [-0.25, -0.2) is 4.79 Å². The van der Waals surface area contributed by atoms with Gasteiger partial charge in [0, 0.05) is 42.1 Å². The van der Waals surface area contributed by atoms with E-state index in [0.29, 0.717) is 47.5 Å². The van der Waals surface area contributed by atoms with Gasteiger partial charge >= 0.3 is 6.09 Å². The maximum atomic E-state index is 13.3. The number of fused-ring (bicyclic) bond motifs is 1. The van der Waals surface area contributed by atoms with Crippen LogP contribution in [-0.2, 0) is 14.3 Å². The number of hydrogen-bond donors (Lipinski definition) is 1. The number of amides is 3. The maximum absolute atomic E-state index is 13.3. The van der Waals surface area contributed by atoms with Gasteiger partial charge in [0.1, 0.15) is 12.5 Å². The van der Waals surface area contributed by atoms with Crippen LogP contribution < -0.4 is 15.1 Å². The topological polar surface area (TPSA) is 94.6 Å². The molecule has 1 fully saturated rings. The van der Waals surface area contributed by atoms with E-state index in [2.05, 4.69) is 5.32 Å². The molecule has 10 heteroatoms. The summed E-state index contributed by atoms with van der Waals surface area (Å²) in [7, 11) is 3.93. The lowest BCUT2D eigenvalue weighted by molar-refractivity contribution is -0.117. The number of anilines is 3. The number of ether oxygens (including phenoxy) is 1. The van der Waals surface area contributed by atoms with Crippen LogP contribution in [0.2, 0.25) is 5.02 Å². The predicted octanol–water partition coefficient (Wildman–Crippen LogP) is 5.07. The first-order chi connectivity index (χ1) is 19.2. The Morgan fingerprint density at radius 1 is 1.05 bits per heavy atom. The number of halogens is 1. The average Bonchev–Trinajstić information content (AvgIpc) is 3.49. The third-order valence-corrected chi connectivity index (χ3v) is 7.15. The molecule has 3 amide bonds. The van der Waals surface area contributed by atoms with E-state index in [1.54, 1.807) is 28.9 Å². The number of rotatable bonds is 8. The summed E-state index contributed by atoms with van der Waals surface area (Å²) < 4.78 is 5.06. The molecule has 1 saturated heterocycles. The summed E-state index contributed by atoms with van der Waals surface area (Å²) in [6, 6.07) is 20.1. The molecule has 5 rings (SSSR count). The van der Waals surface area contributed by atoms with Gasteiger partial charge in [-0.1, -0.05) is 29.8 Å². The second kappa shape index (κ2) is 11.5. The minimum Gasteiger partial charge on any atom is -0.447 e. The molecule has 0 aromatic heterocycles. The Balaban J connectivity index is 1.52. The normalized spacial score (nSPS) is 16.7. The Kier molecular flexibility index (Phi) is 7.86. The second-order valence-electron chi connectivity index (χ2n) is 9.95. The Bertz CT molecular complexity index is 1470. The number of hydrogen-bond acceptors (Lipinski definition) is 6. The summed E-state index contributed by atoms with van der Waals surface area (Å²) in [6.45, 7) is 3.68. The van der Waals surface area contributed by atoms with Gasteiger partial charge in [0.05, 0.1) is 17.9 Å². The molecule has 1 N–H and O–H groups in total. The standard InChI is InChI=1S/C30H30ClN5O4/c1-19(37)35(15-14-34(2)3)23-11-7-22(8-12-23)32-28(27-25-13-6-21(31)18-26(25)33-29(27)38)20-4-9-24(10-5-20)36-16-17-40-30(36)39/h4-13,18,27H,14-17H2,1-3H3,(H,33,38). The van der Waals surface area contributed by atoms with Crippen LogP contribution in [0.1, 0.15) is 24.0 Å². The van der Waals surface area contributed by atoms with Crippen molar-refractivity contribution < 1.29 is 19.1 Å². The smallest absolute Gasteiger partial charge is 0.414 e. The molecule has 206 valence electrons. The van der Waals surface area contributed by atoms with Gasteiger partial charge in [0.15, 0.2) is 0 Å². The quantitative estimate of drug-likeness (QED) is 0.389. The van der Waals surface area contributed by atoms with Crippen molar-refractivity contribution in [3.8, 4) is 0 Å². The van der Waals surface area contributed by atoms with Gasteiger partial charge in [-0.2, -0.15) is 0 Å². The van der Waals surface area contributed by atoms with Crippen LogP contribution >= 0.6 is 11.6 Å². The highest BCUT2D eigenvalue weighted by Crippen LogP contribution is 2.38. The van der Waals surface area contributed by atoms with Crippen LogP contribution in [0.15, 0.2) is 71.7 Å². The van der Waals surface area contributed by atoms with E-state index in [4.69, 9.17) is 21.3 Å². The molecule has 9 nitrogen and oxygen atoms in total. The molecule has 1 unspecified atom stereocenters. The number of aliphatic imine (C=N–C) groups is 1. The largest absolute Gasteiger partial charge is 0.447 e. The summed E-state index contributed by atoms with van der Waals surface area (Å²) in [4.78, 5) is 47.8. The third kappa shape index (κ3) is 5.71. The van der Waals surface area contributed by atoms with Crippen LogP contribution in [0.25, 0.3) is 0 Å². The molecule has 2 heterocycles. The minimum atomic E-state index is -0.664. The van der Waals surface area contributed by atoms with Gasteiger partial charge in [0.2, 0.25) is 11.8 Å². The number of carbonyl (C=O) groups is 3. The van der Waals surface area contributed by atoms with E-state index >= 15 is 0 Å². The van der Waals surface area contributed by atoms with Crippen molar-refractivity contribution in [1.29, 1.82) is 0 Å². The van der Waals surface area contributed by atoms with Gasteiger partial charge in [-0.15, -0.1) is 0 Å². The zero-order valence-corrected chi connectivity index (χ0v) is 23.3. The number of carbonyl (C=O) groups excluding carboxylic acids is 3. The van der Waals surface area contributed by atoms with E-state index < -0.39 is 5.92 Å². The van der Waals surface area contributed by atoms with Crippen molar-refractivity contribution >= 4 is 58.0 Å². The lowest BCUT2D eigenvalue weighted by atomic mass is 9.90. The molecule has 0 saturated carbocycles. The lowest BCUT2D eigenvalue weighted by Crippen LogP contribution is -2.35. The van der Waals surface area contributed by atoms with E-state index in [1.807, 2.05) is 73.6 Å². The van der Waals surface area contributed by atoms with Crippen molar-refractivity contribution in [1.82, 2.24) is 4.90 Å². The third-order valence-electron chi connectivity index (χ3n) is 6.92. The Morgan fingerprint density at radius 2 is 1.77 bits per heavy atom. The molecule has 3 aromatic carbocycles. The first kappa shape index (κ1) is 27.4. The zero-order valence-electron chi connectivity index (χ0n) is 22.6. The molecule has 2 aliphatic heterocycles. The summed E-state index contributed by atoms with van der Waals surface area (Å²) in [5, 5.41) is 3.45. The molecule has 0 aliphatic carbocycles. The highest BCUT2D eigenvalue weighted by molar-refractivity contribution is 6.31. The SMILES string of the molecule is CC(=O)N(CCN(C)C)c1ccc(N=C(c2ccc(N3CCOC3=O)cc2)C2C(=O)Nc3cc(Cl)ccc32)cc1. The van der Waals surface area contributed by atoms with Crippen molar-refractivity contribution in [2.24, 2.45) is 4.99 Å². The van der Waals surface area contributed by atoms with E-state index in [1.165, 1.54) is 0 Å². The summed E-state index contributed by atoms with van der Waals surface area (Å²) in [5.74, 6) is -0.909. The Hall–Kier alpha value is -4.21. The molecule has 0 spiro atoms. The molecule has 0 bridgehead atoms. The second-order valence-corrected chi connectivity index (χ2v) is 10.4. The van der Waals surface area contributed by atoms with Gasteiger partial charge in [-0.3, -0.25) is 19.5 Å². The first-order valence-electron chi connectivity index (χ1n) is 13.0. The summed E-state index contributed by atoms with van der Waals surface area (Å²) >= 11 is 6.18. The van der Waals surface area contributed by atoms with E-state index in [9.17, 15) is 14.4 Å². The van der Waals surface area contributed by atoms with Gasteiger partial charge in [0.25, 0.3) is 0 Å². The Labute approximate surface area is 238 Å². The molecule has 3 aromatic rings. The van der Waals surface area contributed by atoms with Crippen LogP contribution in [0.4, 0.5) is 27.5 Å². The maximum Gasteiger partial charge on any atom is 0.414 e. The zero-order chi connectivity index (χ0) is 28.4. The fraction of sp³-hybridized carbons (Fsp3) is 0.267. The number of nitrogens with zero attached hydrogens (tertiary/aromatic N) is 4. The monoisotopic (exact) mass is 559 g/mol. The lowest BCUT2D eigenvalue weighted by Gasteiger charge is -2.23. The number of benzene rings is 3. The molecule has 0 radical (unpaired) electrons. The van der Waals surface area contributed by atoms with Crippen LogP contribution in [0, 0.1) is 0 Å². The molecule has 2 aliphatic rings. The van der Waals surface area contributed by atoms with Crippen molar-refractivity contribution in [2.75, 3.05) is 55.5 Å². The Morgan fingerprint density at radius 3 is 2.40 bits per heavy atom. The summed E-state index contributed by atoms with van der Waals surface area (Å²) in [5.41, 5.74) is 4.84. The van der Waals surface area contributed by atoms with E-state index in [-0.39, 0.29) is 17.9 Å². The van der Waals surface area contributed by atoms with Gasteiger partial charge < -0.3 is 19.9 Å². The number of nitrogens with one attached hydrogen (secondary N) is 1. The molecular weight excluding hydrogens is 530 g/mol. The fourth-order valence-corrected chi connectivity index (χ4v) is 5.03. The van der Waals surface area contributed by atoms with Crippen molar-refractivity contribution in [3.05, 3.63) is 82.9 Å². The van der Waals surface area contributed by atoms with Crippen LogP contribution in [0.5, 0.6) is 0 Å². The number of likely N-dealkylation sites (N-methyl/N-ethyl adjacent to an activating group) is 1. The summed E-state index contributed by atoms with van der Waals surface area (Å²) in [6.07, 6.45) is -0.382. The average molecular weight is 560 g/mol. The van der Waals surface area contributed by atoms with Crippen molar-refractivity contribution in [2.45, 2.75) is 12.8 Å². The number of cyclic esters (lactones) is 1. The first-order valence-corrected chi connectivity index (χ1v) is 13.4. The molecule has 1 atom stereocenters. The fourth-order valence-electron chi connectivity index (χ4n) is 4.86. The van der Waals surface area contributed by atoms with Crippen LogP contribution in [-0.4, -0.2) is 68.9 Å². The van der Waals surface area contributed by atoms with Crippen LogP contribution in [0.3, 0.4) is 0 Å². The highest BCUT2D eigenvalue weighted by Gasteiger charge is 2.36. The van der Waals surface area contributed by atoms with Gasteiger partial charge in [-0.05, 0) is 73.8 Å². The molecule has 40 heavy (non-hydrogen) atoms. The highest BCUT2D eigenvalue weighted by atomic mass is 35.5. The van der Waals surface area contributed by atoms with E-state index in [0.717, 1.165) is 23.4 Å².